The molecule has 0 fully saturated rings. The van der Waals surface area contributed by atoms with Crippen molar-refractivity contribution in [3.8, 4) is 0 Å². The predicted octanol–water partition coefficient (Wildman–Crippen LogP) is 2.35. The monoisotopic (exact) mass is 271 g/mol. The van der Waals surface area contributed by atoms with Gasteiger partial charge in [0.15, 0.2) is 6.04 Å². The summed E-state index contributed by atoms with van der Waals surface area (Å²) >= 11 is 0. The van der Waals surface area contributed by atoms with Crippen LogP contribution < -0.4 is 0 Å². The van der Waals surface area contributed by atoms with E-state index in [0.29, 0.717) is 12.5 Å². The van der Waals surface area contributed by atoms with E-state index in [2.05, 4.69) is 0 Å². The van der Waals surface area contributed by atoms with Crippen LogP contribution in [0, 0.1) is 11.6 Å². The van der Waals surface area contributed by atoms with Crippen LogP contribution >= 0.6 is 0 Å². The third-order valence-corrected chi connectivity index (χ3v) is 2.62. The van der Waals surface area contributed by atoms with Crippen molar-refractivity contribution < 1.29 is 23.5 Å². The summed E-state index contributed by atoms with van der Waals surface area (Å²) in [5.41, 5.74) is -0.0892. The Bertz CT molecular complexity index is 471. The van der Waals surface area contributed by atoms with Crippen molar-refractivity contribution in [2.75, 3.05) is 6.54 Å². The van der Waals surface area contributed by atoms with Crippen LogP contribution in [0.3, 0.4) is 0 Å². The molecule has 0 aliphatic carbocycles. The minimum atomic E-state index is -1.39. The van der Waals surface area contributed by atoms with Gasteiger partial charge in [-0.15, -0.1) is 0 Å². The zero-order valence-electron chi connectivity index (χ0n) is 10.7. The molecule has 19 heavy (non-hydrogen) atoms. The number of aliphatic carboxylic acids is 1. The highest BCUT2D eigenvalue weighted by Crippen LogP contribution is 2.23. The van der Waals surface area contributed by atoms with Gasteiger partial charge in [0.25, 0.3) is 0 Å². The summed E-state index contributed by atoms with van der Waals surface area (Å²) in [6.07, 6.45) is 0.543. The summed E-state index contributed by atoms with van der Waals surface area (Å²) in [5, 5.41) is 9.22. The van der Waals surface area contributed by atoms with E-state index in [4.69, 9.17) is 0 Å². The second-order valence-electron chi connectivity index (χ2n) is 4.16. The fourth-order valence-corrected chi connectivity index (χ4v) is 1.90. The molecule has 1 unspecified atom stereocenters. The van der Waals surface area contributed by atoms with Crippen molar-refractivity contribution >= 4 is 11.9 Å². The van der Waals surface area contributed by atoms with Gasteiger partial charge in [0, 0.05) is 19.5 Å². The van der Waals surface area contributed by atoms with E-state index in [1.807, 2.05) is 0 Å². The number of carboxylic acid groups (broad SMARTS) is 1. The van der Waals surface area contributed by atoms with E-state index < -0.39 is 29.6 Å². The lowest BCUT2D eigenvalue weighted by atomic mass is 10.0. The van der Waals surface area contributed by atoms with Gasteiger partial charge >= 0.3 is 5.97 Å². The molecule has 1 aromatic rings. The van der Waals surface area contributed by atoms with Crippen LogP contribution in [0.2, 0.25) is 0 Å². The summed E-state index contributed by atoms with van der Waals surface area (Å²) in [6, 6.07) is 1.11. The molecule has 1 N–H and O–H groups in total. The second-order valence-corrected chi connectivity index (χ2v) is 4.16. The molecular weight excluding hydrogens is 256 g/mol. The molecule has 0 radical (unpaired) electrons. The number of halogens is 2. The van der Waals surface area contributed by atoms with E-state index in [9.17, 15) is 23.5 Å². The van der Waals surface area contributed by atoms with Crippen LogP contribution in [0.25, 0.3) is 0 Å². The molecule has 1 atom stereocenters. The molecule has 0 bridgehead atoms. The van der Waals surface area contributed by atoms with E-state index in [0.717, 1.165) is 17.0 Å². The highest BCUT2D eigenvalue weighted by atomic mass is 19.1. The molecule has 1 rings (SSSR count). The Kier molecular flexibility index (Phi) is 4.97. The molecule has 6 heteroatoms. The molecule has 1 aromatic carbocycles. The fraction of sp³-hybridized carbons (Fsp3) is 0.385. The van der Waals surface area contributed by atoms with Crippen molar-refractivity contribution in [3.63, 3.8) is 0 Å². The van der Waals surface area contributed by atoms with Crippen LogP contribution in [-0.2, 0) is 9.59 Å². The molecule has 0 aromatic heterocycles. The van der Waals surface area contributed by atoms with Crippen LogP contribution in [0.15, 0.2) is 18.2 Å². The first-order valence-electron chi connectivity index (χ1n) is 5.82. The van der Waals surface area contributed by atoms with Crippen LogP contribution in [0.4, 0.5) is 8.78 Å². The number of rotatable bonds is 5. The standard InChI is InChI=1S/C13H15F2NO3/c1-3-4-16(8(2)17)12(13(18)19)9-5-10(14)7-11(15)6-9/h5-7,12H,3-4H2,1-2H3,(H,18,19). The third kappa shape index (κ3) is 3.74. The lowest BCUT2D eigenvalue weighted by molar-refractivity contribution is -0.149. The zero-order chi connectivity index (χ0) is 14.6. The maximum atomic E-state index is 13.2. The molecule has 104 valence electrons. The van der Waals surface area contributed by atoms with Gasteiger partial charge in [-0.3, -0.25) is 4.79 Å². The van der Waals surface area contributed by atoms with Crippen molar-refractivity contribution in [1.29, 1.82) is 0 Å². The Morgan fingerprint density at radius 1 is 1.26 bits per heavy atom. The van der Waals surface area contributed by atoms with E-state index in [-0.39, 0.29) is 12.1 Å². The fourth-order valence-electron chi connectivity index (χ4n) is 1.90. The Balaban J connectivity index is 3.25. The summed E-state index contributed by atoms with van der Waals surface area (Å²) in [7, 11) is 0. The van der Waals surface area contributed by atoms with Gasteiger partial charge in [0.1, 0.15) is 11.6 Å². The van der Waals surface area contributed by atoms with Crippen molar-refractivity contribution in [3.05, 3.63) is 35.4 Å². The molecule has 0 heterocycles. The second kappa shape index (κ2) is 6.26. The maximum absolute atomic E-state index is 13.2. The Morgan fingerprint density at radius 3 is 2.16 bits per heavy atom. The first kappa shape index (κ1) is 15.1. The molecule has 0 saturated heterocycles. The largest absolute Gasteiger partial charge is 0.479 e. The maximum Gasteiger partial charge on any atom is 0.331 e. The molecule has 0 aliphatic rings. The summed E-state index contributed by atoms with van der Waals surface area (Å²) < 4.78 is 26.3. The van der Waals surface area contributed by atoms with Gasteiger partial charge < -0.3 is 10.0 Å². The number of amides is 1. The minimum Gasteiger partial charge on any atom is -0.479 e. The summed E-state index contributed by atoms with van der Waals surface area (Å²) in [6.45, 7) is 3.20. The van der Waals surface area contributed by atoms with Gasteiger partial charge in [-0.2, -0.15) is 0 Å². The highest BCUT2D eigenvalue weighted by molar-refractivity contribution is 5.83. The average Bonchev–Trinajstić information content (AvgIpc) is 2.26. The number of hydrogen-bond acceptors (Lipinski definition) is 2. The number of carbonyl (C=O) groups is 2. The number of hydrogen-bond donors (Lipinski definition) is 1. The van der Waals surface area contributed by atoms with Gasteiger partial charge in [0.2, 0.25) is 5.91 Å². The average molecular weight is 271 g/mol. The number of carbonyl (C=O) groups excluding carboxylic acids is 1. The first-order chi connectivity index (χ1) is 8.86. The van der Waals surface area contributed by atoms with Gasteiger partial charge in [0.05, 0.1) is 0 Å². The third-order valence-electron chi connectivity index (χ3n) is 2.62. The lowest BCUT2D eigenvalue weighted by Crippen LogP contribution is -2.38. The molecule has 1 amide bonds. The van der Waals surface area contributed by atoms with Gasteiger partial charge in [-0.1, -0.05) is 6.92 Å². The molecular formula is C13H15F2NO3. The number of carboxylic acids is 1. The van der Waals surface area contributed by atoms with Crippen LogP contribution in [0.1, 0.15) is 31.9 Å². The summed E-state index contributed by atoms with van der Waals surface area (Å²) in [5.74, 6) is -3.53. The van der Waals surface area contributed by atoms with Crippen LogP contribution in [-0.4, -0.2) is 28.4 Å². The Morgan fingerprint density at radius 2 is 1.79 bits per heavy atom. The number of benzene rings is 1. The van der Waals surface area contributed by atoms with E-state index in [1.54, 1.807) is 6.92 Å². The normalized spacial score (nSPS) is 12.0. The summed E-state index contributed by atoms with van der Waals surface area (Å²) in [4.78, 5) is 23.9. The first-order valence-corrected chi connectivity index (χ1v) is 5.82. The topological polar surface area (TPSA) is 57.6 Å². The molecule has 0 saturated carbocycles. The Hall–Kier alpha value is -1.98. The van der Waals surface area contributed by atoms with Crippen LogP contribution in [0.5, 0.6) is 0 Å². The van der Waals surface area contributed by atoms with E-state index in [1.165, 1.54) is 6.92 Å². The lowest BCUT2D eigenvalue weighted by Gasteiger charge is -2.28. The Labute approximate surface area is 109 Å². The highest BCUT2D eigenvalue weighted by Gasteiger charge is 2.29. The van der Waals surface area contributed by atoms with Gasteiger partial charge in [-0.25, -0.2) is 13.6 Å². The molecule has 4 nitrogen and oxygen atoms in total. The quantitative estimate of drug-likeness (QED) is 0.894. The van der Waals surface area contributed by atoms with Crippen molar-refractivity contribution in [1.82, 2.24) is 4.90 Å². The van der Waals surface area contributed by atoms with Gasteiger partial charge in [-0.05, 0) is 24.1 Å². The smallest absolute Gasteiger partial charge is 0.331 e. The molecule has 0 spiro atoms. The minimum absolute atomic E-state index is 0.0892. The van der Waals surface area contributed by atoms with E-state index >= 15 is 0 Å². The molecule has 0 aliphatic heterocycles. The SMILES string of the molecule is CCCN(C(C)=O)C(C(=O)O)c1cc(F)cc(F)c1. The van der Waals surface area contributed by atoms with Crippen molar-refractivity contribution in [2.45, 2.75) is 26.3 Å². The van der Waals surface area contributed by atoms with Crippen molar-refractivity contribution in [2.24, 2.45) is 0 Å². The predicted molar refractivity (Wildman–Crippen MR) is 64.4 cm³/mol. The zero-order valence-corrected chi connectivity index (χ0v) is 10.7. The number of nitrogens with zero attached hydrogens (tertiary/aromatic N) is 1.